The number of hydrogen-bond acceptors (Lipinski definition) is 10. The van der Waals surface area contributed by atoms with Crippen molar-refractivity contribution in [3.05, 3.63) is 59.2 Å². The Morgan fingerprint density at radius 3 is 1.35 bits per heavy atom. The molecule has 43 heavy (non-hydrogen) atoms. The molecule has 0 atom stereocenters. The van der Waals surface area contributed by atoms with Crippen molar-refractivity contribution in [2.24, 2.45) is 0 Å². The molecule has 0 aliphatic carbocycles. The first-order chi connectivity index (χ1) is 20.8. The molecule has 0 fully saturated rings. The molecule has 1 aliphatic heterocycles. The zero-order chi connectivity index (χ0) is 31.3. The highest BCUT2D eigenvalue weighted by Gasteiger charge is 2.40. The fourth-order valence-corrected chi connectivity index (χ4v) is 5.05. The van der Waals surface area contributed by atoms with E-state index in [0.29, 0.717) is 63.5 Å². The van der Waals surface area contributed by atoms with Crippen molar-refractivity contribution >= 4 is 23.0 Å². The summed E-state index contributed by atoms with van der Waals surface area (Å²) in [6, 6.07) is 11.9. The first-order valence-electron chi connectivity index (χ1n) is 13.2. The van der Waals surface area contributed by atoms with Crippen LogP contribution in [-0.2, 0) is 16.0 Å². The van der Waals surface area contributed by atoms with Crippen molar-refractivity contribution < 1.29 is 47.5 Å². The summed E-state index contributed by atoms with van der Waals surface area (Å²) < 4.78 is 43.8. The van der Waals surface area contributed by atoms with Crippen LogP contribution in [0.5, 0.6) is 46.0 Å². The Kier molecular flexibility index (Phi) is 9.54. The fourth-order valence-electron chi connectivity index (χ4n) is 5.05. The number of amides is 2. The van der Waals surface area contributed by atoms with Gasteiger partial charge in [-0.3, -0.25) is 14.5 Å². The van der Waals surface area contributed by atoms with E-state index in [-0.39, 0.29) is 17.7 Å². The van der Waals surface area contributed by atoms with Crippen molar-refractivity contribution in [2.45, 2.75) is 6.42 Å². The van der Waals surface area contributed by atoms with Crippen molar-refractivity contribution in [2.75, 3.05) is 63.4 Å². The number of carbonyl (C=O) groups excluding carboxylic acids is 2. The molecule has 2 amide bonds. The topological polar surface area (TPSA) is 111 Å². The minimum absolute atomic E-state index is 0.0843. The molecule has 3 aromatic carbocycles. The molecule has 1 heterocycles. The molecule has 0 radical (unpaired) electrons. The molecule has 4 rings (SSSR count). The van der Waals surface area contributed by atoms with Crippen molar-refractivity contribution in [1.29, 1.82) is 0 Å². The number of carbonyl (C=O) groups is 2. The normalized spacial score (nSPS) is 12.8. The Labute approximate surface area is 250 Å². The molecule has 0 spiro atoms. The lowest BCUT2D eigenvalue weighted by Crippen LogP contribution is -2.33. The second kappa shape index (κ2) is 13.3. The lowest BCUT2D eigenvalue weighted by molar-refractivity contribution is -0.135. The van der Waals surface area contributed by atoms with Gasteiger partial charge in [0.25, 0.3) is 11.8 Å². The Bertz CT molecular complexity index is 1510. The third kappa shape index (κ3) is 5.70. The second-order valence-electron chi connectivity index (χ2n) is 9.28. The van der Waals surface area contributed by atoms with Crippen LogP contribution in [0.3, 0.4) is 0 Å². The van der Waals surface area contributed by atoms with Gasteiger partial charge in [-0.2, -0.15) is 0 Å². The molecule has 0 saturated heterocycles. The molecular weight excluding hydrogens is 558 g/mol. The van der Waals surface area contributed by atoms with Crippen LogP contribution in [0.2, 0.25) is 0 Å². The van der Waals surface area contributed by atoms with E-state index in [1.807, 2.05) is 0 Å². The number of nitrogens with zero attached hydrogens (tertiary/aromatic N) is 1. The van der Waals surface area contributed by atoms with Crippen molar-refractivity contribution in [3.8, 4) is 46.0 Å². The zero-order valence-corrected chi connectivity index (χ0v) is 25.5. The summed E-state index contributed by atoms with van der Waals surface area (Å²) in [4.78, 5) is 29.4. The highest BCUT2D eigenvalue weighted by Crippen LogP contribution is 2.45. The maximum atomic E-state index is 14.1. The summed E-state index contributed by atoms with van der Waals surface area (Å²) in [5.41, 5.74) is 2.07. The standard InChI is InChI=1S/C32H35NO10/c1-36-21-10-9-19(15-22(21)37-2)27-28(20-16-25(40-5)30(43-8)26(17-20)41-6)32(35)33(31(27)34)12-11-18-13-23(38-3)29(42-7)24(14-18)39-4/h9-10,13-17H,11-12H2,1-8H3. The molecule has 11 heteroatoms. The Balaban J connectivity index is 1.83. The lowest BCUT2D eigenvalue weighted by atomic mass is 9.95. The molecule has 1 aliphatic rings. The summed E-state index contributed by atoms with van der Waals surface area (Å²) in [6.45, 7) is 0.0843. The van der Waals surface area contributed by atoms with E-state index in [0.717, 1.165) is 5.56 Å². The maximum absolute atomic E-state index is 14.1. The molecule has 0 N–H and O–H groups in total. The first kappa shape index (κ1) is 30.9. The highest BCUT2D eigenvalue weighted by atomic mass is 16.5. The fraction of sp³-hybridized carbons (Fsp3) is 0.312. The van der Waals surface area contributed by atoms with Gasteiger partial charge in [0.15, 0.2) is 34.5 Å². The van der Waals surface area contributed by atoms with Gasteiger partial charge < -0.3 is 37.9 Å². The van der Waals surface area contributed by atoms with E-state index in [2.05, 4.69) is 0 Å². The molecule has 11 nitrogen and oxygen atoms in total. The highest BCUT2D eigenvalue weighted by molar-refractivity contribution is 6.49. The van der Waals surface area contributed by atoms with Crippen molar-refractivity contribution in [3.63, 3.8) is 0 Å². The SMILES string of the molecule is COc1ccc(C2=C(c3cc(OC)c(OC)c(OC)c3)C(=O)N(CCc3cc(OC)c(OC)c(OC)c3)C2=O)cc1OC. The molecule has 0 bridgehead atoms. The predicted octanol–water partition coefficient (Wildman–Crippen LogP) is 4.28. The smallest absolute Gasteiger partial charge is 0.262 e. The van der Waals surface area contributed by atoms with Gasteiger partial charge in [0.05, 0.1) is 68.0 Å². The van der Waals surface area contributed by atoms with Crippen LogP contribution in [0, 0.1) is 0 Å². The summed E-state index contributed by atoms with van der Waals surface area (Å²) in [5, 5.41) is 0. The van der Waals surface area contributed by atoms with Crippen LogP contribution in [0.25, 0.3) is 11.1 Å². The lowest BCUT2D eigenvalue weighted by Gasteiger charge is -2.18. The van der Waals surface area contributed by atoms with Crippen LogP contribution >= 0.6 is 0 Å². The number of methoxy groups -OCH3 is 8. The maximum Gasteiger partial charge on any atom is 0.262 e. The number of rotatable bonds is 13. The monoisotopic (exact) mass is 593 g/mol. The minimum atomic E-state index is -0.475. The summed E-state index contributed by atoms with van der Waals surface area (Å²) in [6.07, 6.45) is 0.329. The number of hydrogen-bond donors (Lipinski definition) is 0. The third-order valence-electron chi connectivity index (χ3n) is 7.14. The largest absolute Gasteiger partial charge is 0.493 e. The molecule has 0 unspecified atom stereocenters. The number of imide groups is 1. The van der Waals surface area contributed by atoms with Gasteiger partial charge in [-0.05, 0) is 59.5 Å². The average Bonchev–Trinajstić information content (AvgIpc) is 3.30. The Hall–Kier alpha value is -5.06. The molecular formula is C32H35NO10. The Morgan fingerprint density at radius 2 is 0.907 bits per heavy atom. The summed E-state index contributed by atoms with van der Waals surface area (Å²) >= 11 is 0. The van der Waals surface area contributed by atoms with Crippen LogP contribution < -0.4 is 37.9 Å². The van der Waals surface area contributed by atoms with E-state index in [1.165, 1.54) is 61.8 Å². The van der Waals surface area contributed by atoms with Gasteiger partial charge in [-0.25, -0.2) is 0 Å². The Morgan fingerprint density at radius 1 is 0.488 bits per heavy atom. The van der Waals surface area contributed by atoms with Crippen LogP contribution in [0.4, 0.5) is 0 Å². The first-order valence-corrected chi connectivity index (χ1v) is 13.2. The van der Waals surface area contributed by atoms with Crippen LogP contribution in [0.15, 0.2) is 42.5 Å². The van der Waals surface area contributed by atoms with E-state index in [9.17, 15) is 9.59 Å². The van der Waals surface area contributed by atoms with Crippen LogP contribution in [-0.4, -0.2) is 80.1 Å². The van der Waals surface area contributed by atoms with Crippen molar-refractivity contribution in [1.82, 2.24) is 4.90 Å². The van der Waals surface area contributed by atoms with Gasteiger partial charge in [0, 0.05) is 6.54 Å². The number of benzene rings is 3. The predicted molar refractivity (Wildman–Crippen MR) is 159 cm³/mol. The third-order valence-corrected chi connectivity index (χ3v) is 7.14. The van der Waals surface area contributed by atoms with E-state index in [1.54, 1.807) is 42.5 Å². The van der Waals surface area contributed by atoms with Crippen LogP contribution in [0.1, 0.15) is 16.7 Å². The van der Waals surface area contributed by atoms with Gasteiger partial charge in [-0.15, -0.1) is 0 Å². The summed E-state index contributed by atoms with van der Waals surface area (Å²) in [7, 11) is 12.0. The van der Waals surface area contributed by atoms with Gasteiger partial charge in [-0.1, -0.05) is 6.07 Å². The van der Waals surface area contributed by atoms with Gasteiger partial charge >= 0.3 is 0 Å². The quantitative estimate of drug-likeness (QED) is 0.266. The molecule has 228 valence electrons. The van der Waals surface area contributed by atoms with E-state index < -0.39 is 11.8 Å². The van der Waals surface area contributed by atoms with E-state index in [4.69, 9.17) is 37.9 Å². The average molecular weight is 594 g/mol. The minimum Gasteiger partial charge on any atom is -0.493 e. The number of ether oxygens (including phenoxy) is 8. The zero-order valence-electron chi connectivity index (χ0n) is 25.5. The summed E-state index contributed by atoms with van der Waals surface area (Å²) in [5.74, 6) is 2.38. The van der Waals surface area contributed by atoms with E-state index >= 15 is 0 Å². The second-order valence-corrected chi connectivity index (χ2v) is 9.28. The molecule has 0 aromatic heterocycles. The van der Waals surface area contributed by atoms with Gasteiger partial charge in [0.2, 0.25) is 11.5 Å². The molecule has 0 saturated carbocycles. The van der Waals surface area contributed by atoms with Gasteiger partial charge in [0.1, 0.15) is 0 Å². The molecule has 3 aromatic rings.